The molecule has 0 saturated carbocycles. The van der Waals surface area contributed by atoms with Gasteiger partial charge in [0.15, 0.2) is 0 Å². The summed E-state index contributed by atoms with van der Waals surface area (Å²) in [6.07, 6.45) is 0. The van der Waals surface area contributed by atoms with E-state index < -0.39 is 0 Å². The first-order chi connectivity index (χ1) is 4.74. The fourth-order valence-corrected chi connectivity index (χ4v) is 2.65. The Labute approximate surface area is 63.2 Å². The number of fused-ring (bicyclic) bond motifs is 1. The lowest BCUT2D eigenvalue weighted by molar-refractivity contribution is -1.22. The molecule has 2 bridgehead atoms. The summed E-state index contributed by atoms with van der Waals surface area (Å²) in [4.78, 5) is 0. The van der Waals surface area contributed by atoms with Gasteiger partial charge in [-0.05, 0) is 13.8 Å². The Balaban J connectivity index is 2.06. The van der Waals surface area contributed by atoms with Crippen LogP contribution in [0.2, 0.25) is 0 Å². The second kappa shape index (κ2) is 1.74. The highest BCUT2D eigenvalue weighted by Gasteiger charge is 2.61. The molecule has 2 heteroatoms. The van der Waals surface area contributed by atoms with Crippen LogP contribution in [0.1, 0.15) is 13.8 Å². The Hall–Kier alpha value is -0.0800. The second-order valence-electron chi connectivity index (χ2n) is 4.05. The van der Waals surface area contributed by atoms with Gasteiger partial charge < -0.3 is 0 Å². The molecule has 0 aromatic heterocycles. The molecule has 0 radical (unpaired) electrons. The molecule has 3 rings (SSSR count). The van der Waals surface area contributed by atoms with Crippen molar-refractivity contribution in [3.63, 3.8) is 0 Å². The molecule has 0 aromatic carbocycles. The molecule has 10 heavy (non-hydrogen) atoms. The molecule has 2 nitrogen and oxygen atoms in total. The van der Waals surface area contributed by atoms with Crippen molar-refractivity contribution in [3.05, 3.63) is 0 Å². The van der Waals surface area contributed by atoms with Gasteiger partial charge in [-0.15, -0.1) is 0 Å². The van der Waals surface area contributed by atoms with E-state index in [9.17, 15) is 0 Å². The monoisotopic (exact) mass is 142 g/mol. The van der Waals surface area contributed by atoms with Crippen LogP contribution in [0, 0.1) is 0 Å². The fraction of sp³-hybridized carbons (Fsp3) is 1.00. The van der Waals surface area contributed by atoms with Crippen LogP contribution in [0.15, 0.2) is 0 Å². The topological polar surface area (TPSA) is 0 Å². The number of hydrogen-bond donors (Lipinski definition) is 0. The molecular formula is C8H18N2+2. The van der Waals surface area contributed by atoms with Crippen LogP contribution in [0.4, 0.5) is 0 Å². The molecule has 3 fully saturated rings. The standard InChI is InChI=1S/C8H18N2/c1-3-9-5-6-10(4-2,7-9)8-9/h3-8H2,1-2H3/q+2. The summed E-state index contributed by atoms with van der Waals surface area (Å²) in [5.41, 5.74) is 0. The van der Waals surface area contributed by atoms with E-state index in [0.717, 1.165) is 0 Å². The van der Waals surface area contributed by atoms with E-state index in [2.05, 4.69) is 13.8 Å². The van der Waals surface area contributed by atoms with E-state index in [1.807, 2.05) is 0 Å². The van der Waals surface area contributed by atoms with Gasteiger partial charge in [0, 0.05) is 0 Å². The normalized spacial score (nSPS) is 51.0. The fourth-order valence-electron chi connectivity index (χ4n) is 2.65. The average molecular weight is 142 g/mol. The quantitative estimate of drug-likeness (QED) is 0.495. The highest BCUT2D eigenvalue weighted by atomic mass is 15.7. The number of likely N-dealkylation sites (N-methyl/N-ethyl adjacent to an activating group) is 2. The van der Waals surface area contributed by atoms with Crippen LogP contribution in [-0.4, -0.2) is 48.5 Å². The molecule has 3 aliphatic rings. The summed E-state index contributed by atoms with van der Waals surface area (Å²) in [5.74, 6) is 0. The summed E-state index contributed by atoms with van der Waals surface area (Å²) >= 11 is 0. The Morgan fingerprint density at radius 3 is 1.50 bits per heavy atom. The summed E-state index contributed by atoms with van der Waals surface area (Å²) < 4.78 is 2.85. The van der Waals surface area contributed by atoms with E-state index in [4.69, 9.17) is 0 Å². The minimum Gasteiger partial charge on any atom is -0.226 e. The lowest BCUT2D eigenvalue weighted by Crippen LogP contribution is -2.70. The van der Waals surface area contributed by atoms with Crippen molar-refractivity contribution in [1.29, 1.82) is 0 Å². The number of rotatable bonds is 2. The van der Waals surface area contributed by atoms with Gasteiger partial charge in [0.05, 0.1) is 13.1 Å². The Bertz CT molecular complexity index is 131. The lowest BCUT2D eigenvalue weighted by atomic mass is 10.3. The SMILES string of the molecule is CC[N+]12CC[N+](CC)(C1)C2. The molecule has 3 aliphatic heterocycles. The van der Waals surface area contributed by atoms with Crippen molar-refractivity contribution < 1.29 is 8.97 Å². The van der Waals surface area contributed by atoms with Gasteiger partial charge in [-0.1, -0.05) is 0 Å². The zero-order valence-corrected chi connectivity index (χ0v) is 7.14. The van der Waals surface area contributed by atoms with Crippen LogP contribution in [0.5, 0.6) is 0 Å². The Kier molecular flexibility index (Phi) is 1.15. The van der Waals surface area contributed by atoms with E-state index in [0.29, 0.717) is 0 Å². The molecular weight excluding hydrogens is 124 g/mol. The molecule has 0 aliphatic carbocycles. The smallest absolute Gasteiger partial charge is 0.216 e. The minimum atomic E-state index is 1.36. The van der Waals surface area contributed by atoms with Crippen LogP contribution >= 0.6 is 0 Å². The third kappa shape index (κ3) is 0.611. The Morgan fingerprint density at radius 2 is 1.30 bits per heavy atom. The predicted octanol–water partition coefficient (Wildman–Crippen LogP) is 0.602. The lowest BCUT2D eigenvalue weighted by Gasteiger charge is -2.46. The van der Waals surface area contributed by atoms with Crippen LogP contribution < -0.4 is 0 Å². The van der Waals surface area contributed by atoms with E-state index in [1.54, 1.807) is 0 Å². The van der Waals surface area contributed by atoms with Crippen molar-refractivity contribution in [2.45, 2.75) is 13.8 Å². The maximum absolute atomic E-state index is 2.33. The Morgan fingerprint density at radius 1 is 0.900 bits per heavy atom. The first-order valence-electron chi connectivity index (χ1n) is 4.44. The maximum atomic E-state index is 2.33. The zero-order valence-electron chi connectivity index (χ0n) is 7.14. The van der Waals surface area contributed by atoms with Crippen molar-refractivity contribution >= 4 is 0 Å². The molecule has 58 valence electrons. The summed E-state index contributed by atoms with van der Waals surface area (Å²) in [6.45, 7) is 13.2. The van der Waals surface area contributed by atoms with Gasteiger partial charge in [0.1, 0.15) is 13.1 Å². The minimum absolute atomic E-state index is 1.36. The van der Waals surface area contributed by atoms with E-state index in [-0.39, 0.29) is 0 Å². The second-order valence-corrected chi connectivity index (χ2v) is 4.05. The van der Waals surface area contributed by atoms with E-state index >= 15 is 0 Å². The average Bonchev–Trinajstić information content (AvgIpc) is 2.40. The molecule has 3 saturated heterocycles. The van der Waals surface area contributed by atoms with Gasteiger partial charge in [-0.3, -0.25) is 0 Å². The highest BCUT2D eigenvalue weighted by Crippen LogP contribution is 2.35. The van der Waals surface area contributed by atoms with Gasteiger partial charge in [0.2, 0.25) is 13.3 Å². The molecule has 3 heterocycles. The maximum Gasteiger partial charge on any atom is 0.216 e. The predicted molar refractivity (Wildman–Crippen MR) is 41.1 cm³/mol. The van der Waals surface area contributed by atoms with Crippen molar-refractivity contribution in [1.82, 2.24) is 0 Å². The van der Waals surface area contributed by atoms with Crippen molar-refractivity contribution in [2.75, 3.05) is 39.5 Å². The number of nitrogens with zero attached hydrogens (tertiary/aromatic N) is 2. The summed E-state index contributed by atoms with van der Waals surface area (Å²) in [6, 6.07) is 0. The molecule has 0 N–H and O–H groups in total. The van der Waals surface area contributed by atoms with Gasteiger partial charge in [-0.2, -0.15) is 0 Å². The highest BCUT2D eigenvalue weighted by molar-refractivity contribution is 4.55. The van der Waals surface area contributed by atoms with Crippen LogP contribution in [0.3, 0.4) is 0 Å². The molecule has 0 aromatic rings. The third-order valence-corrected chi connectivity index (χ3v) is 3.59. The first kappa shape index (κ1) is 6.62. The van der Waals surface area contributed by atoms with Gasteiger partial charge >= 0.3 is 0 Å². The summed E-state index contributed by atoms with van der Waals surface area (Å²) in [5, 5.41) is 0. The molecule has 0 unspecified atom stereocenters. The van der Waals surface area contributed by atoms with Crippen LogP contribution in [-0.2, 0) is 0 Å². The number of quaternary nitrogens is 2. The van der Waals surface area contributed by atoms with Crippen LogP contribution in [0.25, 0.3) is 0 Å². The molecule has 0 atom stereocenters. The molecule has 0 spiro atoms. The third-order valence-electron chi connectivity index (χ3n) is 3.59. The first-order valence-corrected chi connectivity index (χ1v) is 4.44. The molecule has 0 amide bonds. The largest absolute Gasteiger partial charge is 0.226 e. The zero-order chi connectivity index (χ0) is 7.24. The van der Waals surface area contributed by atoms with Crippen molar-refractivity contribution in [3.8, 4) is 0 Å². The van der Waals surface area contributed by atoms with Crippen molar-refractivity contribution in [2.24, 2.45) is 0 Å². The number of hydrogen-bond acceptors (Lipinski definition) is 0. The van der Waals surface area contributed by atoms with E-state index in [1.165, 1.54) is 48.5 Å². The van der Waals surface area contributed by atoms with Gasteiger partial charge in [-0.25, -0.2) is 8.97 Å². The summed E-state index contributed by atoms with van der Waals surface area (Å²) in [7, 11) is 0. The van der Waals surface area contributed by atoms with Gasteiger partial charge in [0.25, 0.3) is 0 Å².